The van der Waals surface area contributed by atoms with Crippen molar-refractivity contribution in [2.24, 2.45) is 0 Å². The monoisotopic (exact) mass is 418 g/mol. The third kappa shape index (κ3) is 5.18. The van der Waals surface area contributed by atoms with Crippen molar-refractivity contribution in [3.8, 4) is 5.75 Å². The van der Waals surface area contributed by atoms with E-state index in [-0.39, 0.29) is 11.6 Å². The Labute approximate surface area is 175 Å². The van der Waals surface area contributed by atoms with Gasteiger partial charge in [0.15, 0.2) is 0 Å². The van der Waals surface area contributed by atoms with Gasteiger partial charge in [-0.1, -0.05) is 6.92 Å². The molecule has 0 saturated carbocycles. The number of hydrogen-bond donors (Lipinski definition) is 2. The molecule has 6 nitrogen and oxygen atoms in total. The standard InChI is InChI=1S/C22H28F2N4O2/c1-4-27-9-11-28(12-10-27)20-8-6-16(23)13-18(20)15(2)25-22(29)26-19-7-5-17(24)14-21(19)30-3/h5-8,13-15H,4,9-12H2,1-3H3,(H2,25,26,29). The molecule has 0 bridgehead atoms. The van der Waals surface area contributed by atoms with Crippen LogP contribution in [0.15, 0.2) is 36.4 Å². The quantitative estimate of drug-likeness (QED) is 0.745. The summed E-state index contributed by atoms with van der Waals surface area (Å²) in [5.41, 5.74) is 1.97. The van der Waals surface area contributed by atoms with E-state index in [1.807, 2.05) is 6.92 Å². The van der Waals surface area contributed by atoms with Gasteiger partial charge >= 0.3 is 6.03 Å². The Morgan fingerprint density at radius 1 is 1.10 bits per heavy atom. The van der Waals surface area contributed by atoms with Gasteiger partial charge in [-0.25, -0.2) is 13.6 Å². The number of carbonyl (C=O) groups excluding carboxylic acids is 1. The molecule has 2 amide bonds. The average Bonchev–Trinajstić information content (AvgIpc) is 2.75. The first-order chi connectivity index (χ1) is 14.4. The van der Waals surface area contributed by atoms with Crippen LogP contribution >= 0.6 is 0 Å². The molecule has 8 heteroatoms. The normalized spacial score (nSPS) is 15.6. The van der Waals surface area contributed by atoms with E-state index in [0.29, 0.717) is 11.3 Å². The minimum Gasteiger partial charge on any atom is -0.494 e. The van der Waals surface area contributed by atoms with Crippen LogP contribution in [0.1, 0.15) is 25.5 Å². The summed E-state index contributed by atoms with van der Waals surface area (Å²) in [5.74, 6) is -0.591. The number of ether oxygens (including phenoxy) is 1. The van der Waals surface area contributed by atoms with Gasteiger partial charge in [0.25, 0.3) is 0 Å². The Balaban J connectivity index is 1.72. The third-order valence-electron chi connectivity index (χ3n) is 5.38. The van der Waals surface area contributed by atoms with Crippen molar-refractivity contribution in [1.29, 1.82) is 0 Å². The summed E-state index contributed by atoms with van der Waals surface area (Å²) in [4.78, 5) is 17.1. The number of likely N-dealkylation sites (N-methyl/N-ethyl adjacent to an activating group) is 1. The van der Waals surface area contributed by atoms with Gasteiger partial charge in [0, 0.05) is 43.5 Å². The van der Waals surface area contributed by atoms with Crippen LogP contribution < -0.4 is 20.3 Å². The van der Waals surface area contributed by atoms with E-state index in [0.717, 1.165) is 38.4 Å². The molecule has 1 heterocycles. The number of amides is 2. The van der Waals surface area contributed by atoms with Crippen molar-refractivity contribution in [1.82, 2.24) is 10.2 Å². The Bertz CT molecular complexity index is 885. The van der Waals surface area contributed by atoms with E-state index in [4.69, 9.17) is 4.74 Å². The highest BCUT2D eigenvalue weighted by Crippen LogP contribution is 2.29. The maximum atomic E-state index is 14.0. The van der Waals surface area contributed by atoms with Crippen LogP contribution in [-0.4, -0.2) is 50.8 Å². The zero-order valence-electron chi connectivity index (χ0n) is 17.5. The predicted molar refractivity (Wildman–Crippen MR) is 114 cm³/mol. The van der Waals surface area contributed by atoms with Crippen molar-refractivity contribution in [2.75, 3.05) is 50.1 Å². The number of methoxy groups -OCH3 is 1. The van der Waals surface area contributed by atoms with Crippen LogP contribution in [-0.2, 0) is 0 Å². The molecule has 162 valence electrons. The van der Waals surface area contributed by atoms with E-state index < -0.39 is 17.9 Å². The van der Waals surface area contributed by atoms with E-state index in [9.17, 15) is 13.6 Å². The van der Waals surface area contributed by atoms with Crippen molar-refractivity contribution in [3.05, 3.63) is 53.6 Å². The minimum absolute atomic E-state index is 0.220. The van der Waals surface area contributed by atoms with Crippen LogP contribution in [0.4, 0.5) is 25.0 Å². The van der Waals surface area contributed by atoms with Crippen LogP contribution in [0.25, 0.3) is 0 Å². The molecule has 2 N–H and O–H groups in total. The fourth-order valence-electron chi connectivity index (χ4n) is 3.67. The van der Waals surface area contributed by atoms with Gasteiger partial charge in [-0.2, -0.15) is 0 Å². The molecule has 1 fully saturated rings. The van der Waals surface area contributed by atoms with Gasteiger partial charge in [-0.05, 0) is 43.8 Å². The number of urea groups is 1. The van der Waals surface area contributed by atoms with Crippen molar-refractivity contribution < 1.29 is 18.3 Å². The fraction of sp³-hybridized carbons (Fsp3) is 0.409. The Morgan fingerprint density at radius 3 is 2.43 bits per heavy atom. The molecule has 1 aliphatic rings. The lowest BCUT2D eigenvalue weighted by molar-refractivity contribution is 0.249. The second-order valence-electron chi connectivity index (χ2n) is 7.29. The summed E-state index contributed by atoms with van der Waals surface area (Å²) >= 11 is 0. The lowest BCUT2D eigenvalue weighted by Crippen LogP contribution is -2.46. The second-order valence-corrected chi connectivity index (χ2v) is 7.29. The zero-order valence-corrected chi connectivity index (χ0v) is 17.5. The van der Waals surface area contributed by atoms with Gasteiger partial charge in [0.05, 0.1) is 18.8 Å². The smallest absolute Gasteiger partial charge is 0.319 e. The molecule has 2 aromatic carbocycles. The first kappa shape index (κ1) is 21.8. The molecular formula is C22H28F2N4O2. The number of hydrogen-bond acceptors (Lipinski definition) is 4. The number of piperazine rings is 1. The second kappa shape index (κ2) is 9.75. The number of nitrogens with one attached hydrogen (secondary N) is 2. The molecule has 3 rings (SSSR count). The highest BCUT2D eigenvalue weighted by molar-refractivity contribution is 5.91. The van der Waals surface area contributed by atoms with E-state index in [1.54, 1.807) is 6.07 Å². The first-order valence-electron chi connectivity index (χ1n) is 10.1. The zero-order chi connectivity index (χ0) is 21.7. The van der Waals surface area contributed by atoms with Gasteiger partial charge < -0.3 is 25.2 Å². The Hall–Kier alpha value is -2.87. The van der Waals surface area contributed by atoms with Crippen molar-refractivity contribution in [2.45, 2.75) is 19.9 Å². The van der Waals surface area contributed by atoms with Crippen LogP contribution in [0.2, 0.25) is 0 Å². The number of nitrogens with zero attached hydrogens (tertiary/aromatic N) is 2. The van der Waals surface area contributed by atoms with Crippen LogP contribution in [0, 0.1) is 11.6 Å². The molecule has 0 radical (unpaired) electrons. The maximum Gasteiger partial charge on any atom is 0.319 e. The summed E-state index contributed by atoms with van der Waals surface area (Å²) in [6.45, 7) is 8.53. The summed E-state index contributed by atoms with van der Waals surface area (Å²) in [6, 6.07) is 7.61. The lowest BCUT2D eigenvalue weighted by atomic mass is 10.0. The summed E-state index contributed by atoms with van der Waals surface area (Å²) in [6.07, 6.45) is 0. The van der Waals surface area contributed by atoms with Gasteiger partial charge in [0.1, 0.15) is 17.4 Å². The minimum atomic E-state index is -0.488. The van der Waals surface area contributed by atoms with E-state index in [1.165, 1.54) is 37.4 Å². The number of benzene rings is 2. The number of halogens is 2. The number of anilines is 2. The Morgan fingerprint density at radius 2 is 1.77 bits per heavy atom. The predicted octanol–water partition coefficient (Wildman–Crippen LogP) is 4.00. The van der Waals surface area contributed by atoms with Crippen molar-refractivity contribution >= 4 is 17.4 Å². The molecule has 1 aliphatic heterocycles. The Kier molecular flexibility index (Phi) is 7.10. The summed E-state index contributed by atoms with van der Waals surface area (Å²) in [7, 11) is 1.40. The molecule has 0 spiro atoms. The third-order valence-corrected chi connectivity index (χ3v) is 5.38. The molecule has 30 heavy (non-hydrogen) atoms. The van der Waals surface area contributed by atoms with Crippen molar-refractivity contribution in [3.63, 3.8) is 0 Å². The SMILES string of the molecule is CCN1CCN(c2ccc(F)cc2C(C)NC(=O)Nc2ccc(F)cc2OC)CC1. The number of rotatable bonds is 6. The molecule has 1 atom stereocenters. The molecular weight excluding hydrogens is 390 g/mol. The van der Waals surface area contributed by atoms with Gasteiger partial charge in [-0.3, -0.25) is 0 Å². The topological polar surface area (TPSA) is 56.8 Å². The van der Waals surface area contributed by atoms with E-state index in [2.05, 4.69) is 27.4 Å². The molecule has 1 saturated heterocycles. The van der Waals surface area contributed by atoms with Crippen LogP contribution in [0.3, 0.4) is 0 Å². The first-order valence-corrected chi connectivity index (χ1v) is 10.1. The highest BCUT2D eigenvalue weighted by atomic mass is 19.1. The van der Waals surface area contributed by atoms with E-state index >= 15 is 0 Å². The summed E-state index contributed by atoms with van der Waals surface area (Å²) in [5, 5.41) is 5.49. The van der Waals surface area contributed by atoms with Gasteiger partial charge in [0.2, 0.25) is 0 Å². The highest BCUT2D eigenvalue weighted by Gasteiger charge is 2.22. The lowest BCUT2D eigenvalue weighted by Gasteiger charge is -2.37. The molecule has 1 unspecified atom stereocenters. The molecule has 0 aromatic heterocycles. The van der Waals surface area contributed by atoms with Crippen LogP contribution in [0.5, 0.6) is 5.75 Å². The average molecular weight is 418 g/mol. The maximum absolute atomic E-state index is 14.0. The van der Waals surface area contributed by atoms with Gasteiger partial charge in [-0.15, -0.1) is 0 Å². The largest absolute Gasteiger partial charge is 0.494 e. The fourth-order valence-corrected chi connectivity index (χ4v) is 3.67. The summed E-state index contributed by atoms with van der Waals surface area (Å²) < 4.78 is 32.5. The molecule has 2 aromatic rings. The molecule has 0 aliphatic carbocycles. The number of carbonyl (C=O) groups is 1.